The summed E-state index contributed by atoms with van der Waals surface area (Å²) in [4.78, 5) is 12.1. The van der Waals surface area contributed by atoms with Crippen LogP contribution in [0.5, 0.6) is 0 Å². The van der Waals surface area contributed by atoms with Gasteiger partial charge in [-0.15, -0.1) is 0 Å². The Labute approximate surface area is 101 Å². The van der Waals surface area contributed by atoms with Crippen molar-refractivity contribution in [2.75, 3.05) is 0 Å². The maximum atomic E-state index is 12.1. The zero-order chi connectivity index (χ0) is 12.4. The van der Waals surface area contributed by atoms with Gasteiger partial charge < -0.3 is 0 Å². The Morgan fingerprint density at radius 3 is 2.65 bits per heavy atom. The van der Waals surface area contributed by atoms with Crippen molar-refractivity contribution in [3.63, 3.8) is 0 Å². The van der Waals surface area contributed by atoms with Crippen LogP contribution < -0.4 is 0 Å². The van der Waals surface area contributed by atoms with Gasteiger partial charge in [-0.1, -0.05) is 23.8 Å². The van der Waals surface area contributed by atoms with Crippen LogP contribution in [0.25, 0.3) is 0 Å². The van der Waals surface area contributed by atoms with E-state index in [9.17, 15) is 4.79 Å². The SMILES string of the molecule is Cc1ccc(CC(=O)c2ccnn2C)c(C)c1. The van der Waals surface area contributed by atoms with Crippen molar-refractivity contribution < 1.29 is 4.79 Å². The first-order valence-electron chi connectivity index (χ1n) is 5.65. The molecule has 0 N–H and O–H groups in total. The van der Waals surface area contributed by atoms with E-state index in [2.05, 4.69) is 18.1 Å². The molecule has 3 nitrogen and oxygen atoms in total. The molecule has 3 heteroatoms. The van der Waals surface area contributed by atoms with Crippen molar-refractivity contribution in [2.24, 2.45) is 7.05 Å². The van der Waals surface area contributed by atoms with Crippen molar-refractivity contribution in [2.45, 2.75) is 20.3 Å². The fourth-order valence-corrected chi connectivity index (χ4v) is 1.96. The number of Topliss-reactive ketones (excluding diaryl/α,β-unsaturated/α-hetero) is 1. The number of carbonyl (C=O) groups is 1. The van der Waals surface area contributed by atoms with Gasteiger partial charge in [0.05, 0.1) is 0 Å². The Bertz CT molecular complexity index is 555. The van der Waals surface area contributed by atoms with Crippen LogP contribution >= 0.6 is 0 Å². The number of hydrogen-bond acceptors (Lipinski definition) is 2. The molecule has 0 fully saturated rings. The number of ketones is 1. The lowest BCUT2D eigenvalue weighted by atomic mass is 10.00. The van der Waals surface area contributed by atoms with Gasteiger partial charge in [-0.25, -0.2) is 0 Å². The highest BCUT2D eigenvalue weighted by Gasteiger charge is 2.11. The molecule has 0 amide bonds. The predicted molar refractivity (Wildman–Crippen MR) is 67.2 cm³/mol. The summed E-state index contributed by atoms with van der Waals surface area (Å²) >= 11 is 0. The number of nitrogens with zero attached hydrogens (tertiary/aromatic N) is 2. The maximum Gasteiger partial charge on any atom is 0.185 e. The van der Waals surface area contributed by atoms with Crippen LogP contribution in [0, 0.1) is 13.8 Å². The highest BCUT2D eigenvalue weighted by Crippen LogP contribution is 2.13. The van der Waals surface area contributed by atoms with Crippen molar-refractivity contribution in [3.8, 4) is 0 Å². The number of rotatable bonds is 3. The average Bonchev–Trinajstić information content (AvgIpc) is 2.68. The van der Waals surface area contributed by atoms with Crippen LogP contribution in [-0.4, -0.2) is 15.6 Å². The quantitative estimate of drug-likeness (QED) is 0.756. The summed E-state index contributed by atoms with van der Waals surface area (Å²) < 4.78 is 1.62. The topological polar surface area (TPSA) is 34.9 Å². The Morgan fingerprint density at radius 2 is 2.06 bits per heavy atom. The van der Waals surface area contributed by atoms with Crippen LogP contribution in [0.3, 0.4) is 0 Å². The highest BCUT2D eigenvalue weighted by molar-refractivity contribution is 5.96. The molecule has 0 aliphatic heterocycles. The van der Waals surface area contributed by atoms with E-state index in [1.54, 1.807) is 24.0 Å². The van der Waals surface area contributed by atoms with Gasteiger partial charge >= 0.3 is 0 Å². The van der Waals surface area contributed by atoms with Gasteiger partial charge in [0, 0.05) is 19.7 Å². The van der Waals surface area contributed by atoms with Gasteiger partial charge in [-0.2, -0.15) is 5.10 Å². The second-order valence-electron chi connectivity index (χ2n) is 4.37. The third kappa shape index (κ3) is 2.44. The monoisotopic (exact) mass is 228 g/mol. The smallest absolute Gasteiger partial charge is 0.185 e. The fourth-order valence-electron chi connectivity index (χ4n) is 1.96. The Hall–Kier alpha value is -1.90. The second kappa shape index (κ2) is 4.53. The van der Waals surface area contributed by atoms with E-state index in [4.69, 9.17) is 0 Å². The third-order valence-electron chi connectivity index (χ3n) is 2.96. The summed E-state index contributed by atoms with van der Waals surface area (Å²) in [5, 5.41) is 4.01. The summed E-state index contributed by atoms with van der Waals surface area (Å²) in [6, 6.07) is 7.93. The molecule has 0 radical (unpaired) electrons. The lowest BCUT2D eigenvalue weighted by Gasteiger charge is -2.06. The minimum atomic E-state index is 0.108. The van der Waals surface area contributed by atoms with Crippen molar-refractivity contribution >= 4 is 5.78 Å². The van der Waals surface area contributed by atoms with E-state index in [0.717, 1.165) is 5.56 Å². The second-order valence-corrected chi connectivity index (χ2v) is 4.37. The molecule has 0 atom stereocenters. The molecular weight excluding hydrogens is 212 g/mol. The van der Waals surface area contributed by atoms with Gasteiger partial charge in [0.25, 0.3) is 0 Å². The molecule has 88 valence electrons. The van der Waals surface area contributed by atoms with E-state index in [-0.39, 0.29) is 5.78 Å². The van der Waals surface area contributed by atoms with E-state index < -0.39 is 0 Å². The summed E-state index contributed by atoms with van der Waals surface area (Å²) in [5.74, 6) is 0.108. The largest absolute Gasteiger partial charge is 0.292 e. The number of benzene rings is 1. The van der Waals surface area contributed by atoms with Gasteiger partial charge in [0.1, 0.15) is 5.69 Å². The zero-order valence-corrected chi connectivity index (χ0v) is 10.4. The molecule has 1 heterocycles. The Morgan fingerprint density at radius 1 is 1.29 bits per heavy atom. The summed E-state index contributed by atoms with van der Waals surface area (Å²) in [6.07, 6.45) is 2.08. The van der Waals surface area contributed by atoms with Crippen LogP contribution in [0.15, 0.2) is 30.5 Å². The highest BCUT2D eigenvalue weighted by atomic mass is 16.1. The molecule has 0 aliphatic carbocycles. The minimum absolute atomic E-state index is 0.108. The molecule has 0 saturated heterocycles. The van der Waals surface area contributed by atoms with Crippen molar-refractivity contribution in [1.29, 1.82) is 0 Å². The molecule has 0 spiro atoms. The van der Waals surface area contributed by atoms with Gasteiger partial charge in [0.2, 0.25) is 0 Å². The van der Waals surface area contributed by atoms with E-state index in [1.165, 1.54) is 11.1 Å². The lowest BCUT2D eigenvalue weighted by Crippen LogP contribution is -2.10. The summed E-state index contributed by atoms with van der Waals surface area (Å²) in [5.41, 5.74) is 4.13. The number of aromatic nitrogens is 2. The summed E-state index contributed by atoms with van der Waals surface area (Å²) in [7, 11) is 1.79. The molecule has 0 aliphatic rings. The van der Waals surface area contributed by atoms with Crippen molar-refractivity contribution in [1.82, 2.24) is 9.78 Å². The molecule has 0 bridgehead atoms. The number of carbonyl (C=O) groups excluding carboxylic acids is 1. The first-order valence-corrected chi connectivity index (χ1v) is 5.65. The predicted octanol–water partition coefficient (Wildman–Crippen LogP) is 2.46. The van der Waals surface area contributed by atoms with E-state index in [1.807, 2.05) is 19.1 Å². The Kier molecular flexibility index (Phi) is 3.09. The molecule has 1 aromatic heterocycles. The van der Waals surface area contributed by atoms with Gasteiger partial charge in [0.15, 0.2) is 5.78 Å². The standard InChI is InChI=1S/C14H16N2O/c1-10-4-5-12(11(2)8-10)9-14(17)13-6-7-15-16(13)3/h4-8H,9H2,1-3H3. The Balaban J connectivity index is 2.22. The van der Waals surface area contributed by atoms with Crippen LogP contribution in [0.2, 0.25) is 0 Å². The van der Waals surface area contributed by atoms with Crippen LogP contribution in [-0.2, 0) is 13.5 Å². The lowest BCUT2D eigenvalue weighted by molar-refractivity contribution is 0.0984. The third-order valence-corrected chi connectivity index (χ3v) is 2.96. The summed E-state index contributed by atoms with van der Waals surface area (Å²) in [6.45, 7) is 4.10. The number of hydrogen-bond donors (Lipinski definition) is 0. The zero-order valence-electron chi connectivity index (χ0n) is 10.4. The molecular formula is C14H16N2O. The maximum absolute atomic E-state index is 12.1. The molecule has 17 heavy (non-hydrogen) atoms. The van der Waals surface area contributed by atoms with Gasteiger partial charge in [-0.3, -0.25) is 9.48 Å². The fraction of sp³-hybridized carbons (Fsp3) is 0.286. The normalized spacial score (nSPS) is 10.5. The number of aryl methyl sites for hydroxylation is 3. The first kappa shape index (κ1) is 11.6. The molecule has 0 unspecified atom stereocenters. The van der Waals surface area contributed by atoms with Gasteiger partial charge in [-0.05, 0) is 31.0 Å². The minimum Gasteiger partial charge on any atom is -0.292 e. The molecule has 0 saturated carbocycles. The van der Waals surface area contributed by atoms with E-state index >= 15 is 0 Å². The molecule has 1 aromatic carbocycles. The van der Waals surface area contributed by atoms with E-state index in [0.29, 0.717) is 12.1 Å². The van der Waals surface area contributed by atoms with Crippen LogP contribution in [0.1, 0.15) is 27.2 Å². The van der Waals surface area contributed by atoms with Crippen LogP contribution in [0.4, 0.5) is 0 Å². The average molecular weight is 228 g/mol. The van der Waals surface area contributed by atoms with Crippen molar-refractivity contribution in [3.05, 3.63) is 52.8 Å². The molecule has 2 aromatic rings. The first-order chi connectivity index (χ1) is 8.08. The molecule has 2 rings (SSSR count).